The van der Waals surface area contributed by atoms with Crippen molar-refractivity contribution < 1.29 is 0 Å². The number of piperidine rings is 1. The van der Waals surface area contributed by atoms with Crippen LogP contribution in [0.15, 0.2) is 18.5 Å². The second-order valence-corrected chi connectivity index (χ2v) is 6.09. The summed E-state index contributed by atoms with van der Waals surface area (Å²) in [6.45, 7) is 5.75. The van der Waals surface area contributed by atoms with Gasteiger partial charge >= 0.3 is 0 Å². The van der Waals surface area contributed by atoms with E-state index in [1.165, 1.54) is 38.8 Å². The van der Waals surface area contributed by atoms with Gasteiger partial charge in [0.15, 0.2) is 0 Å². The monoisotopic (exact) mass is 274 g/mol. The summed E-state index contributed by atoms with van der Waals surface area (Å²) in [4.78, 5) is 7.00. The van der Waals surface area contributed by atoms with E-state index in [4.69, 9.17) is 0 Å². The number of pyridine rings is 1. The molecule has 110 valence electrons. The maximum atomic E-state index is 4.33. The molecule has 2 fully saturated rings. The lowest BCUT2D eigenvalue weighted by Gasteiger charge is -2.35. The van der Waals surface area contributed by atoms with Crippen LogP contribution in [0.3, 0.4) is 0 Å². The summed E-state index contributed by atoms with van der Waals surface area (Å²) in [7, 11) is 0. The summed E-state index contributed by atoms with van der Waals surface area (Å²) in [5.74, 6) is 0. The van der Waals surface area contributed by atoms with Gasteiger partial charge in [0.2, 0.25) is 0 Å². The minimum atomic E-state index is 0.609. The molecule has 4 heteroatoms. The van der Waals surface area contributed by atoms with Gasteiger partial charge in [0, 0.05) is 25.2 Å². The van der Waals surface area contributed by atoms with Gasteiger partial charge in [0.25, 0.3) is 0 Å². The normalized spacial score (nSPS) is 26.2. The van der Waals surface area contributed by atoms with Crippen LogP contribution in [0.4, 0.5) is 11.4 Å². The highest BCUT2D eigenvalue weighted by Gasteiger charge is 2.31. The highest BCUT2D eigenvalue weighted by Crippen LogP contribution is 2.28. The van der Waals surface area contributed by atoms with Crippen LogP contribution in [0.25, 0.3) is 0 Å². The number of hydrogen-bond donors (Lipinski definition) is 2. The number of fused-ring (bicyclic) bond motifs is 1. The first kappa shape index (κ1) is 13.7. The molecule has 2 N–H and O–H groups in total. The van der Waals surface area contributed by atoms with E-state index < -0.39 is 0 Å². The molecule has 3 rings (SSSR count). The minimum Gasteiger partial charge on any atom is -0.384 e. The molecule has 0 aromatic carbocycles. The molecular weight excluding hydrogens is 248 g/mol. The first-order valence-corrected chi connectivity index (χ1v) is 8.04. The van der Waals surface area contributed by atoms with E-state index in [-0.39, 0.29) is 0 Å². The average molecular weight is 274 g/mol. The molecule has 3 heterocycles. The van der Waals surface area contributed by atoms with Crippen molar-refractivity contribution in [1.29, 1.82) is 0 Å². The Bertz CT molecular complexity index is 434. The minimum absolute atomic E-state index is 0.609. The van der Waals surface area contributed by atoms with Crippen molar-refractivity contribution in [2.75, 3.05) is 30.3 Å². The molecule has 0 spiro atoms. The second kappa shape index (κ2) is 6.44. The first-order chi connectivity index (χ1) is 9.85. The highest BCUT2D eigenvalue weighted by molar-refractivity contribution is 5.54. The van der Waals surface area contributed by atoms with E-state index in [1.54, 1.807) is 0 Å². The van der Waals surface area contributed by atoms with Gasteiger partial charge in [0.05, 0.1) is 23.8 Å². The predicted molar refractivity (Wildman–Crippen MR) is 84.3 cm³/mol. The zero-order valence-electron chi connectivity index (χ0n) is 12.4. The van der Waals surface area contributed by atoms with Gasteiger partial charge in [-0.05, 0) is 44.7 Å². The molecule has 0 bridgehead atoms. The Morgan fingerprint density at radius 2 is 2.15 bits per heavy atom. The fraction of sp³-hybridized carbons (Fsp3) is 0.688. The van der Waals surface area contributed by atoms with Crippen LogP contribution in [0.5, 0.6) is 0 Å². The quantitative estimate of drug-likeness (QED) is 0.866. The molecule has 2 unspecified atom stereocenters. The third kappa shape index (κ3) is 3.23. The summed E-state index contributed by atoms with van der Waals surface area (Å²) in [5, 5.41) is 7.08. The molecule has 0 amide bonds. The topological polar surface area (TPSA) is 40.2 Å². The van der Waals surface area contributed by atoms with Crippen LogP contribution in [-0.4, -0.2) is 41.6 Å². The molecule has 20 heavy (non-hydrogen) atoms. The number of rotatable bonds is 5. The van der Waals surface area contributed by atoms with Crippen LogP contribution >= 0.6 is 0 Å². The van der Waals surface area contributed by atoms with E-state index >= 15 is 0 Å². The maximum absolute atomic E-state index is 4.33. The van der Waals surface area contributed by atoms with Gasteiger partial charge in [-0.25, -0.2) is 0 Å². The molecule has 2 atom stereocenters. The number of nitrogens with zero attached hydrogens (tertiary/aromatic N) is 2. The smallest absolute Gasteiger partial charge is 0.0549 e. The van der Waals surface area contributed by atoms with Crippen LogP contribution < -0.4 is 10.6 Å². The Kier molecular flexibility index (Phi) is 4.41. The van der Waals surface area contributed by atoms with Crippen molar-refractivity contribution >= 4 is 11.4 Å². The summed E-state index contributed by atoms with van der Waals surface area (Å²) in [6, 6.07) is 3.61. The van der Waals surface area contributed by atoms with Gasteiger partial charge in [-0.3, -0.25) is 4.98 Å². The van der Waals surface area contributed by atoms with E-state index in [1.807, 2.05) is 12.4 Å². The predicted octanol–water partition coefficient (Wildman–Crippen LogP) is 2.94. The molecule has 0 aliphatic carbocycles. The second-order valence-electron chi connectivity index (χ2n) is 6.09. The fourth-order valence-electron chi connectivity index (χ4n) is 3.48. The molecule has 2 saturated heterocycles. The molecule has 1 aromatic rings. The average Bonchev–Trinajstić information content (AvgIpc) is 2.93. The highest BCUT2D eigenvalue weighted by atomic mass is 15.2. The first-order valence-electron chi connectivity index (χ1n) is 8.04. The van der Waals surface area contributed by atoms with Gasteiger partial charge in [-0.15, -0.1) is 0 Å². The van der Waals surface area contributed by atoms with Gasteiger partial charge < -0.3 is 15.5 Å². The SMILES string of the molecule is CCCNc1cncc(NC2CCN3CCCC3C2)c1. The summed E-state index contributed by atoms with van der Waals surface area (Å²) in [6.07, 6.45) is 10.3. The molecule has 2 aliphatic heterocycles. The van der Waals surface area contributed by atoms with Crippen molar-refractivity contribution in [3.8, 4) is 0 Å². The largest absolute Gasteiger partial charge is 0.384 e. The number of nitrogens with one attached hydrogen (secondary N) is 2. The molecule has 0 radical (unpaired) electrons. The zero-order chi connectivity index (χ0) is 13.8. The van der Waals surface area contributed by atoms with Crippen LogP contribution in [0, 0.1) is 0 Å². The standard InChI is InChI=1S/C16H26N4/c1-2-6-18-14-9-15(12-17-11-14)19-13-5-8-20-7-3-4-16(20)10-13/h9,11-13,16,18-19H,2-8,10H2,1H3. The van der Waals surface area contributed by atoms with Gasteiger partial charge in [-0.1, -0.05) is 6.92 Å². The molecule has 4 nitrogen and oxygen atoms in total. The Morgan fingerprint density at radius 1 is 1.25 bits per heavy atom. The third-order valence-corrected chi connectivity index (χ3v) is 4.51. The van der Waals surface area contributed by atoms with E-state index in [0.29, 0.717) is 6.04 Å². The lowest BCUT2D eigenvalue weighted by Crippen LogP contribution is -2.42. The number of aromatic nitrogens is 1. The van der Waals surface area contributed by atoms with Crippen molar-refractivity contribution in [2.24, 2.45) is 0 Å². The summed E-state index contributed by atoms with van der Waals surface area (Å²) in [5.41, 5.74) is 2.28. The Labute approximate surface area is 122 Å². The van der Waals surface area contributed by atoms with E-state index in [2.05, 4.69) is 33.5 Å². The summed E-state index contributed by atoms with van der Waals surface area (Å²) >= 11 is 0. The van der Waals surface area contributed by atoms with Crippen molar-refractivity contribution in [3.05, 3.63) is 18.5 Å². The lowest BCUT2D eigenvalue weighted by atomic mass is 9.97. The van der Waals surface area contributed by atoms with Gasteiger partial charge in [-0.2, -0.15) is 0 Å². The molecule has 2 aliphatic rings. The Morgan fingerprint density at radius 3 is 3.05 bits per heavy atom. The van der Waals surface area contributed by atoms with Gasteiger partial charge in [0.1, 0.15) is 0 Å². The molecular formula is C16H26N4. The summed E-state index contributed by atoms with van der Waals surface area (Å²) < 4.78 is 0. The fourth-order valence-corrected chi connectivity index (χ4v) is 3.48. The Balaban J connectivity index is 1.57. The number of hydrogen-bond acceptors (Lipinski definition) is 4. The lowest BCUT2D eigenvalue weighted by molar-refractivity contribution is 0.188. The number of anilines is 2. The molecule has 0 saturated carbocycles. The van der Waals surface area contributed by atoms with E-state index in [0.717, 1.165) is 30.4 Å². The van der Waals surface area contributed by atoms with Crippen LogP contribution in [-0.2, 0) is 0 Å². The zero-order valence-corrected chi connectivity index (χ0v) is 12.4. The molecule has 1 aromatic heterocycles. The maximum Gasteiger partial charge on any atom is 0.0549 e. The van der Waals surface area contributed by atoms with Crippen molar-refractivity contribution in [2.45, 2.75) is 51.1 Å². The Hall–Kier alpha value is -1.29. The third-order valence-electron chi connectivity index (χ3n) is 4.51. The van der Waals surface area contributed by atoms with Crippen LogP contribution in [0.1, 0.15) is 39.0 Å². The van der Waals surface area contributed by atoms with Crippen molar-refractivity contribution in [3.63, 3.8) is 0 Å². The van der Waals surface area contributed by atoms with E-state index in [9.17, 15) is 0 Å². The van der Waals surface area contributed by atoms with Crippen molar-refractivity contribution in [1.82, 2.24) is 9.88 Å². The van der Waals surface area contributed by atoms with Crippen LogP contribution in [0.2, 0.25) is 0 Å².